The molecule has 0 saturated carbocycles. The Morgan fingerprint density at radius 2 is 2.11 bits per heavy atom. The van der Waals surface area contributed by atoms with Crippen LogP contribution in [0.4, 0.5) is 0 Å². The second kappa shape index (κ2) is 5.87. The van der Waals surface area contributed by atoms with E-state index in [1.807, 2.05) is 10.7 Å². The van der Waals surface area contributed by atoms with Gasteiger partial charge in [-0.2, -0.15) is 5.10 Å². The highest BCUT2D eigenvalue weighted by atomic mass is 16.4. The first-order valence-corrected chi connectivity index (χ1v) is 6.90. The van der Waals surface area contributed by atoms with Gasteiger partial charge in [-0.05, 0) is 25.0 Å². The summed E-state index contributed by atoms with van der Waals surface area (Å²) >= 11 is 0. The third kappa shape index (κ3) is 2.78. The van der Waals surface area contributed by atoms with Gasteiger partial charge in [-0.3, -0.25) is 4.68 Å². The summed E-state index contributed by atoms with van der Waals surface area (Å²) in [6.07, 6.45) is 4.28. The molecular formula is C15H20N2O2. The van der Waals surface area contributed by atoms with Gasteiger partial charge in [0, 0.05) is 11.9 Å². The molecule has 4 heteroatoms. The molecule has 0 atom stereocenters. The second-order valence-corrected chi connectivity index (χ2v) is 4.77. The molecule has 1 heterocycles. The summed E-state index contributed by atoms with van der Waals surface area (Å²) in [5.74, 6) is -0.888. The van der Waals surface area contributed by atoms with Crippen LogP contribution in [0.25, 0.3) is 10.9 Å². The maximum atomic E-state index is 11.1. The van der Waals surface area contributed by atoms with Gasteiger partial charge in [-0.25, -0.2) is 4.79 Å². The first-order valence-electron chi connectivity index (χ1n) is 6.90. The SMILES string of the molecule is CCCCCn1nc(CC)c2ccc(C(=O)O)cc21. The molecule has 0 spiro atoms. The smallest absolute Gasteiger partial charge is 0.335 e. The first-order chi connectivity index (χ1) is 9.17. The number of rotatable bonds is 6. The summed E-state index contributed by atoms with van der Waals surface area (Å²) in [6, 6.07) is 5.26. The normalized spacial score (nSPS) is 11.1. The fraction of sp³-hybridized carbons (Fsp3) is 0.467. The maximum Gasteiger partial charge on any atom is 0.335 e. The van der Waals surface area contributed by atoms with Gasteiger partial charge in [0.2, 0.25) is 0 Å². The minimum absolute atomic E-state index is 0.326. The molecule has 0 amide bonds. The van der Waals surface area contributed by atoms with Crippen molar-refractivity contribution >= 4 is 16.9 Å². The van der Waals surface area contributed by atoms with Gasteiger partial charge in [0.05, 0.1) is 16.8 Å². The van der Waals surface area contributed by atoms with Crippen LogP contribution in [0.3, 0.4) is 0 Å². The van der Waals surface area contributed by atoms with Crippen LogP contribution in [0, 0.1) is 0 Å². The number of carboxylic acid groups (broad SMARTS) is 1. The summed E-state index contributed by atoms with van der Waals surface area (Å²) in [7, 11) is 0. The lowest BCUT2D eigenvalue weighted by atomic mass is 10.1. The fourth-order valence-electron chi connectivity index (χ4n) is 2.32. The zero-order valence-electron chi connectivity index (χ0n) is 11.5. The number of benzene rings is 1. The summed E-state index contributed by atoms with van der Waals surface area (Å²) in [5.41, 5.74) is 2.31. The van der Waals surface area contributed by atoms with E-state index in [1.165, 1.54) is 12.8 Å². The van der Waals surface area contributed by atoms with E-state index in [2.05, 4.69) is 18.9 Å². The van der Waals surface area contributed by atoms with Gasteiger partial charge in [0.1, 0.15) is 0 Å². The molecule has 4 nitrogen and oxygen atoms in total. The lowest BCUT2D eigenvalue weighted by Gasteiger charge is -2.03. The van der Waals surface area contributed by atoms with Gasteiger partial charge in [0.25, 0.3) is 0 Å². The molecule has 1 aromatic heterocycles. The third-order valence-electron chi connectivity index (χ3n) is 3.38. The molecule has 0 fully saturated rings. The largest absolute Gasteiger partial charge is 0.478 e. The molecule has 1 N–H and O–H groups in total. The predicted octanol–water partition coefficient (Wildman–Crippen LogP) is 3.49. The van der Waals surface area contributed by atoms with Crippen molar-refractivity contribution in [1.82, 2.24) is 9.78 Å². The Morgan fingerprint density at radius 1 is 1.32 bits per heavy atom. The Labute approximate surface area is 113 Å². The topological polar surface area (TPSA) is 55.1 Å². The van der Waals surface area contributed by atoms with Crippen molar-refractivity contribution in [2.24, 2.45) is 0 Å². The number of nitrogens with zero attached hydrogens (tertiary/aromatic N) is 2. The van der Waals surface area contributed by atoms with Crippen molar-refractivity contribution < 1.29 is 9.90 Å². The Bertz CT molecular complexity index is 587. The Hall–Kier alpha value is -1.84. The number of aromatic nitrogens is 2. The Balaban J connectivity index is 2.43. The summed E-state index contributed by atoms with van der Waals surface area (Å²) < 4.78 is 1.95. The standard InChI is InChI=1S/C15H20N2O2/c1-3-5-6-9-17-14-10-11(15(18)19)7-8-12(14)13(4-2)16-17/h7-8,10H,3-6,9H2,1-2H3,(H,18,19). The predicted molar refractivity (Wildman–Crippen MR) is 75.6 cm³/mol. The molecule has 0 aliphatic heterocycles. The van der Waals surface area contributed by atoms with E-state index >= 15 is 0 Å². The van der Waals surface area contributed by atoms with Crippen molar-refractivity contribution in [3.05, 3.63) is 29.5 Å². The van der Waals surface area contributed by atoms with Gasteiger partial charge in [0.15, 0.2) is 0 Å². The number of fused-ring (bicyclic) bond motifs is 1. The Morgan fingerprint density at radius 3 is 2.74 bits per heavy atom. The number of unbranched alkanes of at least 4 members (excludes halogenated alkanes) is 2. The van der Waals surface area contributed by atoms with Gasteiger partial charge < -0.3 is 5.11 Å². The van der Waals surface area contributed by atoms with Crippen LogP contribution in [0.1, 0.15) is 49.2 Å². The van der Waals surface area contributed by atoms with E-state index in [9.17, 15) is 4.79 Å². The van der Waals surface area contributed by atoms with Gasteiger partial charge in [-0.1, -0.05) is 32.8 Å². The molecule has 0 aliphatic rings. The minimum atomic E-state index is -0.888. The van der Waals surface area contributed by atoms with Crippen molar-refractivity contribution in [2.75, 3.05) is 0 Å². The molecule has 2 aromatic rings. The van der Waals surface area contributed by atoms with E-state index in [-0.39, 0.29) is 0 Å². The molecule has 0 saturated heterocycles. The van der Waals surface area contributed by atoms with Crippen molar-refractivity contribution in [3.8, 4) is 0 Å². The highest BCUT2D eigenvalue weighted by molar-refractivity contribution is 5.94. The molecule has 0 bridgehead atoms. The zero-order chi connectivity index (χ0) is 13.8. The van der Waals surface area contributed by atoms with E-state index in [0.717, 1.165) is 36.0 Å². The minimum Gasteiger partial charge on any atom is -0.478 e. The van der Waals surface area contributed by atoms with E-state index in [1.54, 1.807) is 12.1 Å². The van der Waals surface area contributed by atoms with Crippen LogP contribution in [0.15, 0.2) is 18.2 Å². The van der Waals surface area contributed by atoms with Crippen LogP contribution < -0.4 is 0 Å². The van der Waals surface area contributed by atoms with Crippen LogP contribution in [-0.2, 0) is 13.0 Å². The maximum absolute atomic E-state index is 11.1. The summed E-state index contributed by atoms with van der Waals surface area (Å²) in [6.45, 7) is 5.10. The molecule has 0 radical (unpaired) electrons. The number of hydrogen-bond acceptors (Lipinski definition) is 2. The van der Waals surface area contributed by atoms with Crippen molar-refractivity contribution in [2.45, 2.75) is 46.1 Å². The monoisotopic (exact) mass is 260 g/mol. The molecular weight excluding hydrogens is 240 g/mol. The molecule has 0 aliphatic carbocycles. The van der Waals surface area contributed by atoms with E-state index < -0.39 is 5.97 Å². The average molecular weight is 260 g/mol. The van der Waals surface area contributed by atoms with Crippen LogP contribution >= 0.6 is 0 Å². The molecule has 102 valence electrons. The molecule has 2 rings (SSSR count). The van der Waals surface area contributed by atoms with Gasteiger partial charge >= 0.3 is 5.97 Å². The molecule has 19 heavy (non-hydrogen) atoms. The molecule has 1 aromatic carbocycles. The lowest BCUT2D eigenvalue weighted by Crippen LogP contribution is -2.02. The summed E-state index contributed by atoms with van der Waals surface area (Å²) in [4.78, 5) is 11.1. The van der Waals surface area contributed by atoms with Gasteiger partial charge in [-0.15, -0.1) is 0 Å². The van der Waals surface area contributed by atoms with Crippen molar-refractivity contribution in [3.63, 3.8) is 0 Å². The Kier molecular flexibility index (Phi) is 4.20. The van der Waals surface area contributed by atoms with E-state index in [0.29, 0.717) is 5.56 Å². The van der Waals surface area contributed by atoms with Crippen LogP contribution in [0.5, 0.6) is 0 Å². The van der Waals surface area contributed by atoms with Crippen LogP contribution in [0.2, 0.25) is 0 Å². The fourth-order valence-corrected chi connectivity index (χ4v) is 2.32. The summed E-state index contributed by atoms with van der Waals surface area (Å²) in [5, 5.41) is 14.8. The number of hydrogen-bond donors (Lipinski definition) is 1. The number of aryl methyl sites for hydroxylation is 2. The number of carboxylic acids is 1. The number of carbonyl (C=O) groups is 1. The van der Waals surface area contributed by atoms with Crippen molar-refractivity contribution in [1.29, 1.82) is 0 Å². The highest BCUT2D eigenvalue weighted by Gasteiger charge is 2.12. The second-order valence-electron chi connectivity index (χ2n) is 4.77. The zero-order valence-corrected chi connectivity index (χ0v) is 11.5. The number of aromatic carboxylic acids is 1. The average Bonchev–Trinajstić information content (AvgIpc) is 2.76. The third-order valence-corrected chi connectivity index (χ3v) is 3.38. The quantitative estimate of drug-likeness (QED) is 0.809. The first kappa shape index (κ1) is 13.6. The van der Waals surface area contributed by atoms with E-state index in [4.69, 9.17) is 5.11 Å². The van der Waals surface area contributed by atoms with Crippen LogP contribution in [-0.4, -0.2) is 20.9 Å². The molecule has 0 unspecified atom stereocenters. The lowest BCUT2D eigenvalue weighted by molar-refractivity contribution is 0.0697. The highest BCUT2D eigenvalue weighted by Crippen LogP contribution is 2.21.